The predicted octanol–water partition coefficient (Wildman–Crippen LogP) is 4.45. The van der Waals surface area contributed by atoms with Crippen LogP contribution in [0.1, 0.15) is 60.1 Å². The van der Waals surface area contributed by atoms with Crippen LogP contribution >= 0.6 is 23.2 Å². The molecule has 0 aliphatic rings. The molecular weight excluding hydrogens is 379 g/mol. The molecule has 8 heteroatoms. The highest BCUT2D eigenvalue weighted by Gasteiger charge is 2.24. The van der Waals surface area contributed by atoms with Crippen LogP contribution < -0.4 is 5.32 Å². The normalized spacial score (nSPS) is 12.1. The van der Waals surface area contributed by atoms with Crippen molar-refractivity contribution in [1.29, 1.82) is 0 Å². The number of aromatic nitrogens is 1. The van der Waals surface area contributed by atoms with Crippen LogP contribution in [0.25, 0.3) is 0 Å². The number of hydrogen-bond donors (Lipinski definition) is 1. The summed E-state index contributed by atoms with van der Waals surface area (Å²) in [5.41, 5.74) is 1.41. The van der Waals surface area contributed by atoms with Gasteiger partial charge in [0, 0.05) is 16.0 Å². The van der Waals surface area contributed by atoms with E-state index in [4.69, 9.17) is 32.5 Å². The second kappa shape index (κ2) is 8.56. The summed E-state index contributed by atoms with van der Waals surface area (Å²) in [5.74, 6) is -0.675. The maximum absolute atomic E-state index is 12.3. The first-order valence-corrected chi connectivity index (χ1v) is 8.83. The lowest BCUT2D eigenvalue weighted by molar-refractivity contribution is -0.124. The summed E-state index contributed by atoms with van der Waals surface area (Å²) in [6.45, 7) is 6.75. The topological polar surface area (TPSA) is 81.4 Å². The largest absolute Gasteiger partial charge is 0.452 e. The van der Waals surface area contributed by atoms with Gasteiger partial charge in [0.1, 0.15) is 5.56 Å². The number of nitrogens with zero attached hydrogens (tertiary/aromatic N) is 1. The number of carbonyl (C=O) groups excluding carboxylic acids is 2. The number of esters is 1. The van der Waals surface area contributed by atoms with Crippen molar-refractivity contribution >= 4 is 35.1 Å². The fourth-order valence-electron chi connectivity index (χ4n) is 2.45. The lowest BCUT2D eigenvalue weighted by Crippen LogP contribution is -2.31. The minimum Gasteiger partial charge on any atom is -0.452 e. The van der Waals surface area contributed by atoms with Crippen LogP contribution in [0, 0.1) is 6.92 Å². The minimum absolute atomic E-state index is 0.0281. The molecule has 0 saturated carbocycles. The van der Waals surface area contributed by atoms with Crippen molar-refractivity contribution in [3.63, 3.8) is 0 Å². The van der Waals surface area contributed by atoms with Gasteiger partial charge < -0.3 is 14.6 Å². The number of nitrogens with one attached hydrogen (secondary N) is 1. The van der Waals surface area contributed by atoms with Gasteiger partial charge in [-0.1, -0.05) is 48.3 Å². The third-order valence-corrected chi connectivity index (χ3v) is 4.32. The Balaban J connectivity index is 1.96. The third kappa shape index (κ3) is 4.77. The third-order valence-electron chi connectivity index (χ3n) is 3.76. The van der Waals surface area contributed by atoms with Crippen LogP contribution in [0.2, 0.25) is 10.0 Å². The zero-order valence-corrected chi connectivity index (χ0v) is 16.4. The SMILES string of the molecule is Cc1noc(C(C)C)c1C(=O)OCC(=O)N[C@H](C)c1ccc(Cl)cc1Cl. The highest BCUT2D eigenvalue weighted by Crippen LogP contribution is 2.26. The average Bonchev–Trinajstić information content (AvgIpc) is 2.94. The highest BCUT2D eigenvalue weighted by molar-refractivity contribution is 6.35. The van der Waals surface area contributed by atoms with Crippen molar-refractivity contribution in [3.8, 4) is 0 Å². The molecule has 0 aliphatic carbocycles. The molecular formula is C18H20Cl2N2O4. The van der Waals surface area contributed by atoms with Crippen LogP contribution in [0.4, 0.5) is 0 Å². The fraction of sp³-hybridized carbons (Fsp3) is 0.389. The maximum Gasteiger partial charge on any atom is 0.344 e. The summed E-state index contributed by atoms with van der Waals surface area (Å²) in [6, 6.07) is 4.66. The van der Waals surface area contributed by atoms with Gasteiger partial charge in [-0.15, -0.1) is 0 Å². The number of amides is 1. The molecule has 0 fully saturated rings. The number of hydrogen-bond acceptors (Lipinski definition) is 5. The predicted molar refractivity (Wildman–Crippen MR) is 98.6 cm³/mol. The van der Waals surface area contributed by atoms with Gasteiger partial charge in [0.2, 0.25) is 0 Å². The molecule has 2 rings (SSSR count). The monoisotopic (exact) mass is 398 g/mol. The Bertz CT molecular complexity index is 818. The molecule has 1 N–H and O–H groups in total. The molecule has 0 unspecified atom stereocenters. The van der Waals surface area contributed by atoms with Gasteiger partial charge in [-0.25, -0.2) is 4.79 Å². The van der Waals surface area contributed by atoms with E-state index in [-0.39, 0.29) is 17.5 Å². The molecule has 0 saturated heterocycles. The number of benzene rings is 1. The quantitative estimate of drug-likeness (QED) is 0.726. The van der Waals surface area contributed by atoms with E-state index in [2.05, 4.69) is 10.5 Å². The van der Waals surface area contributed by atoms with Crippen molar-refractivity contribution in [3.05, 3.63) is 50.8 Å². The van der Waals surface area contributed by atoms with Crippen LogP contribution in [-0.4, -0.2) is 23.6 Å². The Morgan fingerprint density at radius 2 is 1.96 bits per heavy atom. The summed E-state index contributed by atoms with van der Waals surface area (Å²) in [7, 11) is 0. The summed E-state index contributed by atoms with van der Waals surface area (Å²) in [6.07, 6.45) is 0. The first kappa shape index (κ1) is 20.3. The Morgan fingerprint density at radius 1 is 1.27 bits per heavy atom. The Labute approximate surface area is 161 Å². The molecule has 0 bridgehead atoms. The zero-order chi connectivity index (χ0) is 19.4. The van der Waals surface area contributed by atoms with E-state index in [0.29, 0.717) is 27.1 Å². The second-order valence-corrected chi connectivity index (χ2v) is 7.04. The molecule has 1 aromatic heterocycles. The molecule has 1 heterocycles. The van der Waals surface area contributed by atoms with Gasteiger partial charge in [-0.05, 0) is 31.5 Å². The van der Waals surface area contributed by atoms with Crippen molar-refractivity contribution in [1.82, 2.24) is 10.5 Å². The molecule has 1 atom stereocenters. The molecule has 0 radical (unpaired) electrons. The summed E-state index contributed by atoms with van der Waals surface area (Å²) < 4.78 is 10.3. The van der Waals surface area contributed by atoms with Crippen molar-refractivity contribution < 1.29 is 18.8 Å². The zero-order valence-electron chi connectivity index (χ0n) is 14.9. The van der Waals surface area contributed by atoms with Gasteiger partial charge in [0.25, 0.3) is 5.91 Å². The summed E-state index contributed by atoms with van der Waals surface area (Å²) in [5, 5.41) is 7.47. The Hall–Kier alpha value is -2.05. The number of aryl methyl sites for hydroxylation is 1. The van der Waals surface area contributed by atoms with Gasteiger partial charge in [-0.3, -0.25) is 4.79 Å². The molecule has 6 nitrogen and oxygen atoms in total. The van der Waals surface area contributed by atoms with Gasteiger partial charge >= 0.3 is 5.97 Å². The molecule has 0 spiro atoms. The van der Waals surface area contributed by atoms with E-state index in [1.807, 2.05) is 13.8 Å². The number of rotatable bonds is 6. The first-order valence-electron chi connectivity index (χ1n) is 8.08. The fourth-order valence-corrected chi connectivity index (χ4v) is 3.02. The van der Waals surface area contributed by atoms with Gasteiger partial charge in [0.05, 0.1) is 11.7 Å². The number of carbonyl (C=O) groups is 2. The average molecular weight is 399 g/mol. The summed E-state index contributed by atoms with van der Waals surface area (Å²) >= 11 is 12.0. The van der Waals surface area contributed by atoms with Crippen molar-refractivity contribution in [2.45, 2.75) is 39.7 Å². The maximum atomic E-state index is 12.3. The summed E-state index contributed by atoms with van der Waals surface area (Å²) in [4.78, 5) is 24.4. The molecule has 1 amide bonds. The molecule has 0 aliphatic heterocycles. The van der Waals surface area contributed by atoms with Gasteiger partial charge in [-0.2, -0.15) is 0 Å². The van der Waals surface area contributed by atoms with E-state index in [9.17, 15) is 9.59 Å². The number of ether oxygens (including phenoxy) is 1. The molecule has 2 aromatic rings. The van der Waals surface area contributed by atoms with Crippen LogP contribution in [0.15, 0.2) is 22.7 Å². The second-order valence-electron chi connectivity index (χ2n) is 6.19. The van der Waals surface area contributed by atoms with E-state index in [1.54, 1.807) is 32.0 Å². The molecule has 26 heavy (non-hydrogen) atoms. The smallest absolute Gasteiger partial charge is 0.344 e. The van der Waals surface area contributed by atoms with Gasteiger partial charge in [0.15, 0.2) is 12.4 Å². The molecule has 1 aromatic carbocycles. The minimum atomic E-state index is -0.639. The van der Waals surface area contributed by atoms with Crippen molar-refractivity contribution in [2.75, 3.05) is 6.61 Å². The van der Waals surface area contributed by atoms with Crippen LogP contribution in [0.3, 0.4) is 0 Å². The first-order chi connectivity index (χ1) is 12.2. The van der Waals surface area contributed by atoms with E-state index in [0.717, 1.165) is 0 Å². The Morgan fingerprint density at radius 3 is 2.58 bits per heavy atom. The lowest BCUT2D eigenvalue weighted by atomic mass is 10.1. The van der Waals surface area contributed by atoms with E-state index in [1.165, 1.54) is 0 Å². The van der Waals surface area contributed by atoms with E-state index >= 15 is 0 Å². The van der Waals surface area contributed by atoms with Crippen molar-refractivity contribution in [2.24, 2.45) is 0 Å². The number of halogens is 2. The lowest BCUT2D eigenvalue weighted by Gasteiger charge is -2.16. The Kier molecular flexibility index (Phi) is 6.67. The van der Waals surface area contributed by atoms with Crippen LogP contribution in [0.5, 0.6) is 0 Å². The molecule has 140 valence electrons. The highest BCUT2D eigenvalue weighted by atomic mass is 35.5. The van der Waals surface area contributed by atoms with E-state index < -0.39 is 18.5 Å². The van der Waals surface area contributed by atoms with Crippen LogP contribution in [-0.2, 0) is 9.53 Å². The standard InChI is InChI=1S/C18H20Cl2N2O4/c1-9(2)17-16(11(4)22-26-17)18(24)25-8-15(23)21-10(3)13-6-5-12(19)7-14(13)20/h5-7,9-10H,8H2,1-4H3,(H,21,23)/t10-/m1/s1.